The number of benzene rings is 2. The molecule has 1 fully saturated rings. The fourth-order valence-electron chi connectivity index (χ4n) is 4.29. The summed E-state index contributed by atoms with van der Waals surface area (Å²) in [7, 11) is -3.60. The van der Waals surface area contributed by atoms with Crippen molar-refractivity contribution in [3.8, 4) is 5.75 Å². The summed E-state index contributed by atoms with van der Waals surface area (Å²) in [4.78, 5) is 44.6. The molecule has 2 aromatic carbocycles. The number of amides is 3. The Bertz CT molecular complexity index is 1610. The van der Waals surface area contributed by atoms with Gasteiger partial charge >= 0.3 is 6.09 Å². The molecule has 0 spiro atoms. The summed E-state index contributed by atoms with van der Waals surface area (Å²) < 4.78 is 36.2. The van der Waals surface area contributed by atoms with Gasteiger partial charge in [0.1, 0.15) is 23.3 Å². The van der Waals surface area contributed by atoms with Gasteiger partial charge in [-0.25, -0.2) is 18.2 Å². The number of likely N-dealkylation sites (tertiary alicyclic amines) is 1. The van der Waals surface area contributed by atoms with Gasteiger partial charge in [-0.15, -0.1) is 0 Å². The molecule has 1 saturated heterocycles. The van der Waals surface area contributed by atoms with Crippen LogP contribution in [0, 0.1) is 0 Å². The number of hydrogen-bond acceptors (Lipinski definition) is 8. The minimum atomic E-state index is -3.60. The van der Waals surface area contributed by atoms with Crippen LogP contribution in [-0.4, -0.2) is 67.3 Å². The third-order valence-electron chi connectivity index (χ3n) is 6.40. The molecule has 3 amide bonds. The molecule has 2 heterocycles. The maximum Gasteiger partial charge on any atom is 0.410 e. The van der Waals surface area contributed by atoms with Gasteiger partial charge in [-0.3, -0.25) is 9.59 Å². The first-order valence-corrected chi connectivity index (χ1v) is 15.8. The number of hydrogen-bond donors (Lipinski definition) is 2. The second-order valence-electron chi connectivity index (χ2n) is 11.0. The van der Waals surface area contributed by atoms with E-state index in [1.54, 1.807) is 62.1 Å². The van der Waals surface area contributed by atoms with Crippen molar-refractivity contribution in [3.05, 3.63) is 76.9 Å². The largest absolute Gasteiger partial charge is 0.489 e. The Morgan fingerprint density at radius 1 is 0.953 bits per heavy atom. The normalized spacial score (nSPS) is 14.1. The number of para-hydroxylation sites is 1. The van der Waals surface area contributed by atoms with Crippen LogP contribution < -0.4 is 15.4 Å². The molecule has 1 aliphatic heterocycles. The zero-order valence-corrected chi connectivity index (χ0v) is 25.8. The van der Waals surface area contributed by atoms with Crippen molar-refractivity contribution in [1.29, 1.82) is 0 Å². The van der Waals surface area contributed by atoms with Crippen LogP contribution in [0.1, 0.15) is 54.3 Å². The molecular formula is C30H33ClN4O7S. The average Bonchev–Trinajstić information content (AvgIpc) is 2.93. The van der Waals surface area contributed by atoms with E-state index in [0.717, 1.165) is 6.26 Å². The molecule has 0 unspecified atom stereocenters. The molecular weight excluding hydrogens is 596 g/mol. The second kappa shape index (κ2) is 13.0. The Morgan fingerprint density at radius 2 is 1.63 bits per heavy atom. The minimum absolute atomic E-state index is 0.0134. The minimum Gasteiger partial charge on any atom is -0.489 e. The lowest BCUT2D eigenvalue weighted by atomic mass is 10.1. The van der Waals surface area contributed by atoms with Crippen molar-refractivity contribution in [1.82, 2.24) is 9.88 Å². The van der Waals surface area contributed by atoms with Crippen LogP contribution in [-0.2, 0) is 14.6 Å². The van der Waals surface area contributed by atoms with Crippen LogP contribution in [0.25, 0.3) is 0 Å². The number of rotatable bonds is 7. The smallest absolute Gasteiger partial charge is 0.410 e. The maximum atomic E-state index is 13.5. The molecule has 228 valence electrons. The van der Waals surface area contributed by atoms with E-state index in [4.69, 9.17) is 21.1 Å². The Balaban J connectivity index is 1.53. The van der Waals surface area contributed by atoms with Crippen LogP contribution in [0.2, 0.25) is 5.02 Å². The zero-order chi connectivity index (χ0) is 31.4. The van der Waals surface area contributed by atoms with Gasteiger partial charge in [-0.1, -0.05) is 23.7 Å². The van der Waals surface area contributed by atoms with Crippen molar-refractivity contribution < 1.29 is 32.3 Å². The number of anilines is 2. The number of carbonyl (C=O) groups excluding carboxylic acids is 3. The van der Waals surface area contributed by atoms with E-state index in [9.17, 15) is 22.8 Å². The van der Waals surface area contributed by atoms with Gasteiger partial charge < -0.3 is 25.0 Å². The third-order valence-corrected chi connectivity index (χ3v) is 7.74. The summed E-state index contributed by atoms with van der Waals surface area (Å²) in [6.07, 6.45) is 2.56. The quantitative estimate of drug-likeness (QED) is 0.353. The zero-order valence-electron chi connectivity index (χ0n) is 24.2. The molecule has 1 aromatic heterocycles. The van der Waals surface area contributed by atoms with Gasteiger partial charge in [-0.2, -0.15) is 0 Å². The number of aromatic nitrogens is 1. The first kappa shape index (κ1) is 31.8. The third kappa shape index (κ3) is 8.68. The van der Waals surface area contributed by atoms with Crippen molar-refractivity contribution in [3.63, 3.8) is 0 Å². The summed E-state index contributed by atoms with van der Waals surface area (Å²) in [5, 5.41) is 5.82. The van der Waals surface area contributed by atoms with Gasteiger partial charge in [-0.05, 0) is 63.2 Å². The van der Waals surface area contributed by atoms with E-state index in [-0.39, 0.29) is 39.4 Å². The maximum absolute atomic E-state index is 13.5. The highest BCUT2D eigenvalue weighted by Gasteiger charge is 2.29. The highest BCUT2D eigenvalue weighted by Crippen LogP contribution is 2.29. The summed E-state index contributed by atoms with van der Waals surface area (Å²) >= 11 is 5.87. The standard InChI is InChI=1S/C30H33ClN4O7S/c1-30(2,3)42-29(38)35-15-13-20(14-16-35)41-25-17-21(43(4,39)40)10-11-23(25)28(37)33-24-8-6-5-7-22(24)27(36)34-26-12-9-19(31)18-32-26/h5-12,17-18,20H,13-16H2,1-4H3,(H,33,37)(H,32,34,36). The van der Waals surface area contributed by atoms with Crippen LogP contribution >= 0.6 is 11.6 Å². The molecule has 11 nitrogen and oxygen atoms in total. The first-order valence-electron chi connectivity index (χ1n) is 13.5. The second-order valence-corrected chi connectivity index (χ2v) is 13.5. The highest BCUT2D eigenvalue weighted by molar-refractivity contribution is 7.90. The highest BCUT2D eigenvalue weighted by atomic mass is 35.5. The molecule has 0 bridgehead atoms. The number of pyridine rings is 1. The Morgan fingerprint density at radius 3 is 2.26 bits per heavy atom. The Labute approximate surface area is 255 Å². The number of nitrogens with one attached hydrogen (secondary N) is 2. The van der Waals surface area contributed by atoms with Gasteiger partial charge in [0.15, 0.2) is 9.84 Å². The van der Waals surface area contributed by atoms with Gasteiger partial charge in [0.05, 0.1) is 26.7 Å². The van der Waals surface area contributed by atoms with E-state index < -0.39 is 33.3 Å². The average molecular weight is 629 g/mol. The number of halogens is 1. The molecule has 4 rings (SSSR count). The van der Waals surface area contributed by atoms with Gasteiger partial charge in [0.2, 0.25) is 0 Å². The number of sulfone groups is 1. The Kier molecular flexibility index (Phi) is 9.61. The SMILES string of the molecule is CC(C)(C)OC(=O)N1CCC(Oc2cc(S(C)(=O)=O)ccc2C(=O)Nc2ccccc2C(=O)Nc2ccc(Cl)cn2)CC1. The number of piperidine rings is 1. The van der Waals surface area contributed by atoms with E-state index in [2.05, 4.69) is 15.6 Å². The lowest BCUT2D eigenvalue weighted by Crippen LogP contribution is -2.44. The Hall–Kier alpha value is -4.16. The van der Waals surface area contributed by atoms with Crippen molar-refractivity contribution in [2.45, 2.75) is 50.2 Å². The van der Waals surface area contributed by atoms with Crippen molar-refractivity contribution in [2.24, 2.45) is 0 Å². The summed E-state index contributed by atoms with van der Waals surface area (Å²) in [5.41, 5.74) is -0.137. The number of ether oxygens (including phenoxy) is 2. The van der Waals surface area contributed by atoms with Crippen LogP contribution in [0.5, 0.6) is 5.75 Å². The van der Waals surface area contributed by atoms with E-state index in [0.29, 0.717) is 31.0 Å². The monoisotopic (exact) mass is 628 g/mol. The van der Waals surface area contributed by atoms with Gasteiger partial charge in [0, 0.05) is 38.4 Å². The fourth-order valence-corrected chi connectivity index (χ4v) is 5.04. The fraction of sp³-hybridized carbons (Fsp3) is 0.333. The summed E-state index contributed by atoms with van der Waals surface area (Å²) in [6.45, 7) is 6.13. The molecule has 43 heavy (non-hydrogen) atoms. The molecule has 0 saturated carbocycles. The van der Waals surface area contributed by atoms with Crippen molar-refractivity contribution >= 4 is 50.9 Å². The van der Waals surface area contributed by atoms with E-state index >= 15 is 0 Å². The molecule has 1 aliphatic rings. The number of carbonyl (C=O) groups is 3. The molecule has 0 radical (unpaired) electrons. The first-order chi connectivity index (χ1) is 20.2. The molecule has 0 aliphatic carbocycles. The van der Waals surface area contributed by atoms with Crippen molar-refractivity contribution in [2.75, 3.05) is 30.0 Å². The van der Waals surface area contributed by atoms with Gasteiger partial charge in [0.25, 0.3) is 11.8 Å². The lowest BCUT2D eigenvalue weighted by Gasteiger charge is -2.33. The predicted octanol–water partition coefficient (Wildman–Crippen LogP) is 5.42. The number of nitrogens with zero attached hydrogens (tertiary/aromatic N) is 2. The predicted molar refractivity (Wildman–Crippen MR) is 163 cm³/mol. The molecule has 0 atom stereocenters. The van der Waals surface area contributed by atoms with Crippen LogP contribution in [0.4, 0.5) is 16.3 Å². The summed E-state index contributed by atoms with van der Waals surface area (Å²) in [5.74, 6) is -0.763. The lowest BCUT2D eigenvalue weighted by molar-refractivity contribution is 0.0126. The molecule has 13 heteroatoms. The van der Waals surface area contributed by atoms with E-state index in [1.165, 1.54) is 24.4 Å². The van der Waals surface area contributed by atoms with Crippen LogP contribution in [0.3, 0.4) is 0 Å². The molecule has 2 N–H and O–H groups in total. The van der Waals surface area contributed by atoms with Crippen LogP contribution in [0.15, 0.2) is 65.7 Å². The topological polar surface area (TPSA) is 144 Å². The summed E-state index contributed by atoms with van der Waals surface area (Å²) in [6, 6.07) is 13.6. The molecule has 3 aromatic rings. The van der Waals surface area contributed by atoms with E-state index in [1.807, 2.05) is 0 Å².